The Labute approximate surface area is 162 Å². The third kappa shape index (κ3) is 4.34. The first-order valence-corrected chi connectivity index (χ1v) is 9.75. The van der Waals surface area contributed by atoms with Crippen LogP contribution in [0.1, 0.15) is 37.3 Å². The van der Waals surface area contributed by atoms with E-state index in [0.717, 1.165) is 22.2 Å². The van der Waals surface area contributed by atoms with Crippen LogP contribution in [0.3, 0.4) is 0 Å². The van der Waals surface area contributed by atoms with E-state index in [1.165, 1.54) is 16.9 Å². The third-order valence-electron chi connectivity index (χ3n) is 4.34. The molecule has 0 aliphatic carbocycles. The number of hydrogen-bond acceptors (Lipinski definition) is 4. The van der Waals surface area contributed by atoms with Crippen molar-refractivity contribution in [3.63, 3.8) is 0 Å². The second-order valence-corrected chi connectivity index (χ2v) is 7.77. The van der Waals surface area contributed by atoms with Crippen LogP contribution in [-0.4, -0.2) is 17.5 Å². The van der Waals surface area contributed by atoms with Crippen LogP contribution >= 0.6 is 22.9 Å². The Kier molecular flexibility index (Phi) is 5.79. The number of anilines is 1. The molecule has 0 aliphatic heterocycles. The number of hydrogen-bond donors (Lipinski definition) is 1. The van der Waals surface area contributed by atoms with Crippen LogP contribution < -0.4 is 10.1 Å². The van der Waals surface area contributed by atoms with Gasteiger partial charge in [-0.1, -0.05) is 42.9 Å². The van der Waals surface area contributed by atoms with E-state index in [0.29, 0.717) is 21.8 Å². The number of amides is 1. The van der Waals surface area contributed by atoms with Crippen molar-refractivity contribution < 1.29 is 9.53 Å². The molecule has 0 saturated carbocycles. The molecular weight excluding hydrogens is 368 g/mol. The second-order valence-electron chi connectivity index (χ2n) is 6.30. The van der Waals surface area contributed by atoms with Crippen LogP contribution in [0.2, 0.25) is 5.02 Å². The van der Waals surface area contributed by atoms with Gasteiger partial charge in [0.05, 0.1) is 10.2 Å². The summed E-state index contributed by atoms with van der Waals surface area (Å²) in [6, 6.07) is 11.6. The van der Waals surface area contributed by atoms with Gasteiger partial charge in [-0.15, -0.1) is 0 Å². The zero-order valence-corrected chi connectivity index (χ0v) is 16.6. The highest BCUT2D eigenvalue weighted by atomic mass is 35.5. The first-order chi connectivity index (χ1) is 12.5. The van der Waals surface area contributed by atoms with E-state index in [-0.39, 0.29) is 12.5 Å². The number of ether oxygens (including phenoxy) is 1. The molecule has 0 bridgehead atoms. The maximum Gasteiger partial charge on any atom is 0.264 e. The Morgan fingerprint density at radius 1 is 1.31 bits per heavy atom. The molecule has 1 heterocycles. The van der Waals surface area contributed by atoms with Crippen LogP contribution in [0, 0.1) is 6.92 Å². The summed E-state index contributed by atoms with van der Waals surface area (Å²) in [6.07, 6.45) is 1.09. The Hall–Kier alpha value is -2.11. The molecule has 0 radical (unpaired) electrons. The smallest absolute Gasteiger partial charge is 0.264 e. The Balaban J connectivity index is 1.65. The van der Waals surface area contributed by atoms with Gasteiger partial charge in [0.15, 0.2) is 11.7 Å². The molecule has 1 N–H and O–H groups in total. The fourth-order valence-corrected chi connectivity index (χ4v) is 3.77. The second kappa shape index (κ2) is 8.06. The third-order valence-corrected chi connectivity index (χ3v) is 5.50. The van der Waals surface area contributed by atoms with E-state index in [9.17, 15) is 4.79 Å². The number of aryl methyl sites for hydroxylation is 1. The number of carbonyl (C=O) groups is 1. The van der Waals surface area contributed by atoms with E-state index < -0.39 is 0 Å². The standard InChI is InChI=1S/C20H21ClN2O2S/c1-4-12(2)14-5-7-16-18(10-14)26-20(22-16)23-19(24)11-25-17-8-6-15(21)9-13(17)3/h5-10,12H,4,11H2,1-3H3,(H,22,23,24). The Bertz CT molecular complexity index is 939. The van der Waals surface area contributed by atoms with Crippen LogP contribution in [0.4, 0.5) is 5.13 Å². The number of fused-ring (bicyclic) bond motifs is 1. The van der Waals surface area contributed by atoms with E-state index in [1.807, 2.05) is 13.0 Å². The molecule has 2 aromatic carbocycles. The number of aromatic nitrogens is 1. The van der Waals surface area contributed by atoms with Crippen molar-refractivity contribution in [3.05, 3.63) is 52.5 Å². The average Bonchev–Trinajstić information content (AvgIpc) is 3.01. The minimum Gasteiger partial charge on any atom is -0.483 e. The molecule has 4 nitrogen and oxygen atoms in total. The molecule has 136 valence electrons. The van der Waals surface area contributed by atoms with Gasteiger partial charge in [0.1, 0.15) is 5.75 Å². The normalized spacial score (nSPS) is 12.2. The van der Waals surface area contributed by atoms with Crippen molar-refractivity contribution in [2.75, 3.05) is 11.9 Å². The molecule has 1 atom stereocenters. The zero-order valence-electron chi connectivity index (χ0n) is 15.0. The van der Waals surface area contributed by atoms with Crippen molar-refractivity contribution >= 4 is 44.2 Å². The summed E-state index contributed by atoms with van der Waals surface area (Å²) in [6.45, 7) is 6.20. The highest BCUT2D eigenvalue weighted by Gasteiger charge is 2.11. The Morgan fingerprint density at radius 3 is 2.85 bits per heavy atom. The van der Waals surface area contributed by atoms with Gasteiger partial charge < -0.3 is 4.74 Å². The van der Waals surface area contributed by atoms with Crippen LogP contribution in [0.5, 0.6) is 5.75 Å². The molecule has 3 aromatic rings. The molecule has 1 aromatic heterocycles. The van der Waals surface area contributed by atoms with E-state index in [2.05, 4.69) is 36.3 Å². The molecule has 1 amide bonds. The SMILES string of the molecule is CCC(C)c1ccc2nc(NC(=O)COc3ccc(Cl)cc3C)sc2c1. The van der Waals surface area contributed by atoms with Crippen molar-refractivity contribution in [1.29, 1.82) is 0 Å². The number of nitrogens with one attached hydrogen (secondary N) is 1. The lowest BCUT2D eigenvalue weighted by molar-refractivity contribution is -0.118. The van der Waals surface area contributed by atoms with Crippen molar-refractivity contribution in [2.24, 2.45) is 0 Å². The van der Waals surface area contributed by atoms with E-state index >= 15 is 0 Å². The summed E-state index contributed by atoms with van der Waals surface area (Å²) in [5.74, 6) is 0.920. The molecule has 0 spiro atoms. The molecule has 0 saturated heterocycles. The molecule has 0 fully saturated rings. The summed E-state index contributed by atoms with van der Waals surface area (Å²) in [7, 11) is 0. The summed E-state index contributed by atoms with van der Waals surface area (Å²) < 4.78 is 6.65. The summed E-state index contributed by atoms with van der Waals surface area (Å²) in [5, 5.41) is 4.04. The van der Waals surface area contributed by atoms with E-state index in [1.54, 1.807) is 18.2 Å². The minimum absolute atomic E-state index is 0.0729. The highest BCUT2D eigenvalue weighted by Crippen LogP contribution is 2.30. The predicted octanol–water partition coefficient (Wildman–Crippen LogP) is 5.79. The summed E-state index contributed by atoms with van der Waals surface area (Å²) >= 11 is 7.40. The Morgan fingerprint density at radius 2 is 2.12 bits per heavy atom. The number of thiazole rings is 1. The number of halogens is 1. The zero-order chi connectivity index (χ0) is 18.7. The molecule has 0 aliphatic rings. The van der Waals surface area contributed by atoms with Crippen LogP contribution in [0.15, 0.2) is 36.4 Å². The maximum absolute atomic E-state index is 12.2. The fraction of sp³-hybridized carbons (Fsp3) is 0.300. The first kappa shape index (κ1) is 18.7. The van der Waals surface area contributed by atoms with Gasteiger partial charge in [0.25, 0.3) is 5.91 Å². The monoisotopic (exact) mass is 388 g/mol. The molecular formula is C20H21ClN2O2S. The average molecular weight is 389 g/mol. The molecule has 6 heteroatoms. The van der Waals surface area contributed by atoms with Gasteiger partial charge >= 0.3 is 0 Å². The fourth-order valence-electron chi connectivity index (χ4n) is 2.61. The number of nitrogens with zero attached hydrogens (tertiary/aromatic N) is 1. The molecule has 1 unspecified atom stereocenters. The summed E-state index contributed by atoms with van der Waals surface area (Å²) in [5.41, 5.74) is 3.08. The minimum atomic E-state index is -0.236. The van der Waals surface area contributed by atoms with Gasteiger partial charge in [0, 0.05) is 5.02 Å². The van der Waals surface area contributed by atoms with Gasteiger partial charge in [-0.25, -0.2) is 4.98 Å². The predicted molar refractivity (Wildman–Crippen MR) is 109 cm³/mol. The molecule has 3 rings (SSSR count). The number of benzene rings is 2. The van der Waals surface area contributed by atoms with Crippen molar-refractivity contribution in [3.8, 4) is 5.75 Å². The summed E-state index contributed by atoms with van der Waals surface area (Å²) in [4.78, 5) is 16.6. The van der Waals surface area contributed by atoms with Crippen LogP contribution in [-0.2, 0) is 4.79 Å². The van der Waals surface area contributed by atoms with Gasteiger partial charge in [-0.3, -0.25) is 10.1 Å². The lowest BCUT2D eigenvalue weighted by Crippen LogP contribution is -2.20. The highest BCUT2D eigenvalue weighted by molar-refractivity contribution is 7.22. The van der Waals surface area contributed by atoms with Crippen LogP contribution in [0.25, 0.3) is 10.2 Å². The lowest BCUT2D eigenvalue weighted by atomic mass is 9.99. The quantitative estimate of drug-likeness (QED) is 0.581. The van der Waals surface area contributed by atoms with E-state index in [4.69, 9.17) is 16.3 Å². The van der Waals surface area contributed by atoms with Gasteiger partial charge in [-0.05, 0) is 60.7 Å². The van der Waals surface area contributed by atoms with Gasteiger partial charge in [-0.2, -0.15) is 0 Å². The number of carbonyl (C=O) groups excluding carboxylic acids is 1. The first-order valence-electron chi connectivity index (χ1n) is 8.55. The van der Waals surface area contributed by atoms with Gasteiger partial charge in [0.2, 0.25) is 0 Å². The van der Waals surface area contributed by atoms with Crippen molar-refractivity contribution in [1.82, 2.24) is 4.98 Å². The van der Waals surface area contributed by atoms with Crippen molar-refractivity contribution in [2.45, 2.75) is 33.1 Å². The largest absolute Gasteiger partial charge is 0.483 e. The molecule has 26 heavy (non-hydrogen) atoms. The number of rotatable bonds is 6. The maximum atomic E-state index is 12.2. The lowest BCUT2D eigenvalue weighted by Gasteiger charge is -2.08. The topological polar surface area (TPSA) is 51.2 Å².